The topological polar surface area (TPSA) is 137 Å². The number of nitrogens with two attached hydrogens (primary N) is 1. The van der Waals surface area contributed by atoms with Crippen molar-refractivity contribution in [2.75, 3.05) is 22.9 Å². The summed E-state index contributed by atoms with van der Waals surface area (Å²) in [5.41, 5.74) is 6.12. The van der Waals surface area contributed by atoms with Crippen molar-refractivity contribution in [1.82, 2.24) is 19.5 Å². The van der Waals surface area contributed by atoms with Crippen LogP contribution in [0.4, 0.5) is 15.9 Å². The minimum atomic E-state index is -2.37. The van der Waals surface area contributed by atoms with Gasteiger partial charge in [0.1, 0.15) is 23.2 Å². The highest BCUT2D eigenvalue weighted by Gasteiger charge is 2.47. The molecule has 1 saturated heterocycles. The highest BCUT2D eigenvalue weighted by Crippen LogP contribution is 2.37. The van der Waals surface area contributed by atoms with Crippen LogP contribution in [0.3, 0.4) is 0 Å². The summed E-state index contributed by atoms with van der Waals surface area (Å²) in [4.78, 5) is 32.9. The van der Waals surface area contributed by atoms with Crippen LogP contribution in [0, 0.1) is 5.82 Å². The lowest BCUT2D eigenvalue weighted by atomic mass is 9.93. The number of fused-ring (bicyclic) bond motifs is 1. The first kappa shape index (κ1) is 25.0. The molecule has 4 rings (SSSR count). The monoisotopic (exact) mass is 521 g/mol. The molecule has 1 aromatic carbocycles. The molecule has 3 heterocycles. The van der Waals surface area contributed by atoms with E-state index in [1.807, 2.05) is 0 Å². The number of halogens is 2. The first-order valence-electron chi connectivity index (χ1n) is 10.7. The number of nitrogen functional groups attached to an aromatic ring is 1. The van der Waals surface area contributed by atoms with Gasteiger partial charge in [-0.25, -0.2) is 13.9 Å². The van der Waals surface area contributed by atoms with E-state index in [0.29, 0.717) is 21.8 Å². The Bertz CT molecular complexity index is 1360. The summed E-state index contributed by atoms with van der Waals surface area (Å²) in [7, 11) is 0. The number of piperazine rings is 1. The van der Waals surface area contributed by atoms with Crippen LogP contribution in [0.25, 0.3) is 16.8 Å². The highest BCUT2D eigenvalue weighted by atomic mass is 35.5. The van der Waals surface area contributed by atoms with Crippen LogP contribution in [0.2, 0.25) is 5.02 Å². The molecular weight excluding hydrogens is 499 g/mol. The Morgan fingerprint density at radius 3 is 2.77 bits per heavy atom. The van der Waals surface area contributed by atoms with Gasteiger partial charge in [0, 0.05) is 24.3 Å². The van der Waals surface area contributed by atoms with Gasteiger partial charge in [-0.05, 0) is 45.0 Å². The lowest BCUT2D eigenvalue weighted by Gasteiger charge is -2.49. The Morgan fingerprint density at radius 2 is 2.09 bits per heavy atom. The molecule has 2 N–H and O–H groups in total. The van der Waals surface area contributed by atoms with Gasteiger partial charge >= 0.3 is 0 Å². The van der Waals surface area contributed by atoms with Crippen molar-refractivity contribution in [3.63, 3.8) is 0 Å². The third-order valence-electron chi connectivity index (χ3n) is 6.13. The smallest absolute Gasteiger partial charge is 0.252 e. The van der Waals surface area contributed by atoms with Crippen molar-refractivity contribution in [2.45, 2.75) is 38.8 Å². The van der Waals surface area contributed by atoms with Crippen LogP contribution in [-0.2, 0) is 20.7 Å². The molecule has 0 spiro atoms. The van der Waals surface area contributed by atoms with E-state index >= 15 is 4.39 Å². The molecule has 1 aliphatic heterocycles. The molecule has 13 heteroatoms. The van der Waals surface area contributed by atoms with Gasteiger partial charge in [0.15, 0.2) is 5.82 Å². The summed E-state index contributed by atoms with van der Waals surface area (Å²) >= 11 is 3.96. The number of amides is 2. The van der Waals surface area contributed by atoms with E-state index in [9.17, 15) is 18.4 Å². The number of rotatable bonds is 5. The Morgan fingerprint density at radius 1 is 1.37 bits per heavy atom. The number of carbonyl (C=O) groups excluding carboxylic acids is 2. The maximum Gasteiger partial charge on any atom is 0.252 e. The van der Waals surface area contributed by atoms with Crippen LogP contribution in [0.15, 0.2) is 30.6 Å². The van der Waals surface area contributed by atoms with E-state index in [2.05, 4.69) is 10.1 Å². The normalized spacial score (nSPS) is 18.8. The fourth-order valence-corrected chi connectivity index (χ4v) is 4.96. The molecule has 1 unspecified atom stereocenters. The zero-order valence-corrected chi connectivity index (χ0v) is 20.8. The number of hydrogen-bond donors (Lipinski definition) is 1. The second-order valence-corrected chi connectivity index (χ2v) is 10.2. The minimum absolute atomic E-state index is 0.0361. The standard InChI is InChI=1S/C22H24ClFN6O4S/c1-12-10-28(18(31)6-7-35(33)34)22(2,3)21(32)29(12)17-8-13(4-5-15(17)24)16-9-14(23)19-20(25)26-11-27-30(16)19/h4-5,8-9,11-12H,6-7,10H2,1-3H3,(H,33,34)(H2,25,26,27)/p-1/t12-/m0/s1. The van der Waals surface area contributed by atoms with Crippen molar-refractivity contribution in [3.05, 3.63) is 41.4 Å². The van der Waals surface area contributed by atoms with E-state index in [0.717, 1.165) is 0 Å². The van der Waals surface area contributed by atoms with Crippen LogP contribution in [0.1, 0.15) is 27.2 Å². The maximum atomic E-state index is 15.1. The molecule has 35 heavy (non-hydrogen) atoms. The molecule has 186 valence electrons. The maximum absolute atomic E-state index is 15.1. The Hall–Kier alpha value is -3.09. The van der Waals surface area contributed by atoms with E-state index in [4.69, 9.17) is 17.3 Å². The van der Waals surface area contributed by atoms with Gasteiger partial charge in [-0.3, -0.25) is 13.8 Å². The highest BCUT2D eigenvalue weighted by molar-refractivity contribution is 7.79. The zero-order chi connectivity index (χ0) is 25.7. The second-order valence-electron chi connectivity index (χ2n) is 8.79. The summed E-state index contributed by atoms with van der Waals surface area (Å²) in [6.07, 6.45) is 1.04. The second kappa shape index (κ2) is 9.17. The van der Waals surface area contributed by atoms with Crippen LogP contribution in [-0.4, -0.2) is 64.0 Å². The van der Waals surface area contributed by atoms with Crippen molar-refractivity contribution in [3.8, 4) is 11.3 Å². The van der Waals surface area contributed by atoms with E-state index < -0.39 is 40.3 Å². The largest absolute Gasteiger partial charge is 0.772 e. The number of nitrogens with zero attached hydrogens (tertiary/aromatic N) is 5. The molecule has 0 saturated carbocycles. The van der Waals surface area contributed by atoms with Gasteiger partial charge in [-0.1, -0.05) is 22.7 Å². The van der Waals surface area contributed by atoms with E-state index in [1.165, 1.54) is 32.8 Å². The number of aromatic nitrogens is 3. The van der Waals surface area contributed by atoms with Gasteiger partial charge in [0.05, 0.1) is 22.4 Å². The summed E-state index contributed by atoms with van der Waals surface area (Å²) in [6, 6.07) is 5.36. The molecule has 10 nitrogen and oxygen atoms in total. The number of hydrogen-bond acceptors (Lipinski definition) is 7. The number of carbonyl (C=O) groups is 2. The Kier molecular flexibility index (Phi) is 6.56. The average molecular weight is 522 g/mol. The summed E-state index contributed by atoms with van der Waals surface area (Å²) in [5, 5.41) is 4.51. The van der Waals surface area contributed by atoms with Gasteiger partial charge in [-0.2, -0.15) is 5.10 Å². The summed E-state index contributed by atoms with van der Waals surface area (Å²) in [5.74, 6) is -1.72. The minimum Gasteiger partial charge on any atom is -0.772 e. The zero-order valence-electron chi connectivity index (χ0n) is 19.2. The van der Waals surface area contributed by atoms with Gasteiger partial charge in [0.2, 0.25) is 5.91 Å². The fraction of sp³-hybridized carbons (Fsp3) is 0.364. The van der Waals surface area contributed by atoms with Gasteiger partial charge < -0.3 is 20.1 Å². The molecule has 1 fully saturated rings. The van der Waals surface area contributed by atoms with Crippen LogP contribution >= 0.6 is 11.6 Å². The number of benzene rings is 1. The number of anilines is 2. The first-order valence-corrected chi connectivity index (χ1v) is 12.3. The van der Waals surface area contributed by atoms with E-state index in [1.54, 1.807) is 32.9 Å². The van der Waals surface area contributed by atoms with Crippen LogP contribution in [0.5, 0.6) is 0 Å². The van der Waals surface area contributed by atoms with Crippen LogP contribution < -0.4 is 10.6 Å². The fourth-order valence-electron chi connectivity index (χ4n) is 4.34. The molecule has 2 atom stereocenters. The third-order valence-corrected chi connectivity index (χ3v) is 6.95. The molecule has 0 aliphatic carbocycles. The van der Waals surface area contributed by atoms with E-state index in [-0.39, 0.29) is 30.2 Å². The van der Waals surface area contributed by atoms with Gasteiger partial charge in [-0.15, -0.1) is 0 Å². The predicted octanol–water partition coefficient (Wildman–Crippen LogP) is 2.38. The first-order chi connectivity index (χ1) is 16.4. The Labute approximate surface area is 208 Å². The van der Waals surface area contributed by atoms with Crippen molar-refractivity contribution in [1.29, 1.82) is 0 Å². The predicted molar refractivity (Wildman–Crippen MR) is 129 cm³/mol. The van der Waals surface area contributed by atoms with Crippen molar-refractivity contribution in [2.24, 2.45) is 0 Å². The molecule has 0 radical (unpaired) electrons. The lowest BCUT2D eigenvalue weighted by Crippen LogP contribution is -2.68. The average Bonchev–Trinajstić information content (AvgIpc) is 3.13. The van der Waals surface area contributed by atoms with Crippen molar-refractivity contribution >= 4 is 51.5 Å². The summed E-state index contributed by atoms with van der Waals surface area (Å²) in [6.45, 7) is 4.92. The quantitative estimate of drug-likeness (QED) is 0.509. The van der Waals surface area contributed by atoms with Crippen molar-refractivity contribution < 1.29 is 22.7 Å². The molecule has 2 amide bonds. The summed E-state index contributed by atoms with van der Waals surface area (Å²) < 4.78 is 38.4. The molecule has 1 aliphatic rings. The lowest BCUT2D eigenvalue weighted by molar-refractivity contribution is -0.148. The molecule has 3 aromatic rings. The third kappa shape index (κ3) is 4.37. The molecule has 2 aromatic heterocycles. The van der Waals surface area contributed by atoms with Gasteiger partial charge in [0.25, 0.3) is 5.91 Å². The molecule has 0 bridgehead atoms. The SMILES string of the molecule is C[C@H]1CN(C(=O)CCS(=O)[O-])C(C)(C)C(=O)N1c1cc(-c2cc(Cl)c3c(N)ncnn23)ccc1F. The Balaban J connectivity index is 1.73. The molecular formula is C22H23ClFN6O4S-.